The van der Waals surface area contributed by atoms with Crippen molar-refractivity contribution in [3.05, 3.63) is 47.5 Å². The van der Waals surface area contributed by atoms with Crippen LogP contribution in [0.1, 0.15) is 43.6 Å². The summed E-state index contributed by atoms with van der Waals surface area (Å²) < 4.78 is 12.3. The Kier molecular flexibility index (Phi) is 7.88. The highest BCUT2D eigenvalue weighted by molar-refractivity contribution is 6.23. The van der Waals surface area contributed by atoms with Crippen molar-refractivity contribution >= 4 is 5.78 Å². The summed E-state index contributed by atoms with van der Waals surface area (Å²) in [7, 11) is 0. The summed E-state index contributed by atoms with van der Waals surface area (Å²) in [5.41, 5.74) is 3.28. The van der Waals surface area contributed by atoms with E-state index < -0.39 is 0 Å². The minimum absolute atomic E-state index is 0.0210. The quantitative estimate of drug-likeness (QED) is 0.444. The van der Waals surface area contributed by atoms with E-state index >= 15 is 0 Å². The Morgan fingerprint density at radius 3 is 1.87 bits per heavy atom. The third-order valence-electron chi connectivity index (χ3n) is 5.92. The molecule has 0 radical (unpaired) electrons. The van der Waals surface area contributed by atoms with E-state index in [1.54, 1.807) is 0 Å². The van der Waals surface area contributed by atoms with E-state index in [2.05, 4.69) is 37.5 Å². The van der Waals surface area contributed by atoms with E-state index in [0.717, 1.165) is 56.0 Å². The fourth-order valence-electron chi connectivity index (χ4n) is 3.96. The Bertz CT molecular complexity index is 857. The van der Waals surface area contributed by atoms with Gasteiger partial charge in [-0.15, -0.1) is 0 Å². The zero-order valence-corrected chi connectivity index (χ0v) is 18.7. The smallest absolute Gasteiger partial charge is 0.198 e. The third-order valence-corrected chi connectivity index (χ3v) is 5.92. The lowest BCUT2D eigenvalue weighted by atomic mass is 10.0. The van der Waals surface area contributed by atoms with E-state index in [0.29, 0.717) is 30.3 Å². The number of hydrogen-bond acceptors (Lipinski definition) is 5. The highest BCUT2D eigenvalue weighted by atomic mass is 16.5. The van der Waals surface area contributed by atoms with Gasteiger partial charge in [-0.1, -0.05) is 52.0 Å². The van der Waals surface area contributed by atoms with Crippen molar-refractivity contribution in [1.29, 1.82) is 0 Å². The lowest BCUT2D eigenvalue weighted by Crippen LogP contribution is -2.29. The zero-order chi connectivity index (χ0) is 21.5. The Balaban J connectivity index is 1.86. The van der Waals surface area contributed by atoms with Crippen molar-refractivity contribution in [2.24, 2.45) is 0 Å². The second kappa shape index (κ2) is 10.6. The van der Waals surface area contributed by atoms with Gasteiger partial charge in [0.1, 0.15) is 13.2 Å². The summed E-state index contributed by atoms with van der Waals surface area (Å²) in [6, 6.07) is 11.7. The Hall–Kier alpha value is -2.37. The monoisotopic (exact) mass is 410 g/mol. The van der Waals surface area contributed by atoms with Gasteiger partial charge in [0, 0.05) is 18.7 Å². The molecule has 1 aliphatic carbocycles. The molecule has 0 fully saturated rings. The van der Waals surface area contributed by atoms with Crippen LogP contribution >= 0.6 is 0 Å². The molecular formula is C25H34N2O3. The van der Waals surface area contributed by atoms with Crippen LogP contribution < -0.4 is 9.47 Å². The van der Waals surface area contributed by atoms with E-state index in [9.17, 15) is 4.79 Å². The van der Waals surface area contributed by atoms with E-state index in [1.807, 2.05) is 36.4 Å². The number of hydrogen-bond donors (Lipinski definition) is 0. The first-order valence-electron chi connectivity index (χ1n) is 11.2. The predicted octanol–water partition coefficient (Wildman–Crippen LogP) is 4.34. The summed E-state index contributed by atoms with van der Waals surface area (Å²) in [5.74, 6) is 1.26. The lowest BCUT2D eigenvalue weighted by molar-refractivity contribution is 0.103. The molecule has 2 aromatic carbocycles. The molecule has 30 heavy (non-hydrogen) atoms. The number of carbonyl (C=O) groups is 1. The molecule has 0 bridgehead atoms. The normalized spacial score (nSPS) is 12.4. The van der Waals surface area contributed by atoms with Gasteiger partial charge in [-0.2, -0.15) is 0 Å². The predicted molar refractivity (Wildman–Crippen MR) is 122 cm³/mol. The van der Waals surface area contributed by atoms with Crippen molar-refractivity contribution in [3.63, 3.8) is 0 Å². The molecule has 5 heteroatoms. The molecular weight excluding hydrogens is 376 g/mol. The number of likely N-dealkylation sites (N-methyl/N-ethyl adjacent to an activating group) is 2. The summed E-state index contributed by atoms with van der Waals surface area (Å²) in [6.07, 6.45) is 0. The Labute approximate surface area is 180 Å². The number of ketones is 1. The van der Waals surface area contributed by atoms with Crippen LogP contribution in [0.5, 0.6) is 11.5 Å². The first kappa shape index (κ1) is 22.3. The number of benzene rings is 2. The molecule has 1 aliphatic rings. The third kappa shape index (κ3) is 4.68. The number of ether oxygens (including phenoxy) is 2. The number of fused-ring (bicyclic) bond motifs is 3. The van der Waals surface area contributed by atoms with Crippen molar-refractivity contribution < 1.29 is 14.3 Å². The van der Waals surface area contributed by atoms with Gasteiger partial charge in [-0.3, -0.25) is 4.79 Å². The van der Waals surface area contributed by atoms with Gasteiger partial charge < -0.3 is 19.3 Å². The number of rotatable bonds is 12. The maximum atomic E-state index is 13.2. The lowest BCUT2D eigenvalue weighted by Gasteiger charge is -2.21. The van der Waals surface area contributed by atoms with Gasteiger partial charge in [-0.25, -0.2) is 0 Å². The maximum Gasteiger partial charge on any atom is 0.198 e. The standard InChI is InChI=1S/C25H34N2O3/c1-5-26(6-2)15-17-29-22-14-13-20-19-11-9-10-12-21(19)24(28)23(20)25(22)30-18-16-27(7-3)8-4/h9-14H,5-8,15-18H2,1-4H3. The second-order valence-electron chi connectivity index (χ2n) is 7.44. The van der Waals surface area contributed by atoms with Crippen LogP contribution in [0.15, 0.2) is 36.4 Å². The van der Waals surface area contributed by atoms with Crippen LogP contribution in [0.4, 0.5) is 0 Å². The molecule has 3 rings (SSSR count). The summed E-state index contributed by atoms with van der Waals surface area (Å²) in [5, 5.41) is 0. The van der Waals surface area contributed by atoms with Gasteiger partial charge in [0.2, 0.25) is 0 Å². The molecule has 0 heterocycles. The minimum atomic E-state index is 0.0210. The molecule has 0 saturated carbocycles. The fraction of sp³-hybridized carbons (Fsp3) is 0.480. The van der Waals surface area contributed by atoms with Crippen molar-refractivity contribution in [2.45, 2.75) is 27.7 Å². The fourth-order valence-corrected chi connectivity index (χ4v) is 3.96. The molecule has 0 atom stereocenters. The van der Waals surface area contributed by atoms with E-state index in [4.69, 9.17) is 9.47 Å². The van der Waals surface area contributed by atoms with Crippen LogP contribution in [0.25, 0.3) is 11.1 Å². The Morgan fingerprint density at radius 2 is 1.27 bits per heavy atom. The largest absolute Gasteiger partial charge is 0.488 e. The average molecular weight is 411 g/mol. The van der Waals surface area contributed by atoms with Crippen LogP contribution in [-0.4, -0.2) is 68.1 Å². The molecule has 162 valence electrons. The summed E-state index contributed by atoms with van der Waals surface area (Å²) in [6.45, 7) is 15.3. The number of carbonyl (C=O) groups excluding carboxylic acids is 1. The maximum absolute atomic E-state index is 13.2. The van der Waals surface area contributed by atoms with E-state index in [1.165, 1.54) is 0 Å². The molecule has 5 nitrogen and oxygen atoms in total. The van der Waals surface area contributed by atoms with Gasteiger partial charge in [0.15, 0.2) is 17.3 Å². The molecule has 0 amide bonds. The molecule has 2 aromatic rings. The first-order chi connectivity index (χ1) is 14.6. The topological polar surface area (TPSA) is 42.0 Å². The van der Waals surface area contributed by atoms with Gasteiger partial charge in [0.25, 0.3) is 0 Å². The molecule has 0 spiro atoms. The van der Waals surface area contributed by atoms with Gasteiger partial charge in [-0.05, 0) is 49.4 Å². The van der Waals surface area contributed by atoms with Crippen molar-refractivity contribution in [3.8, 4) is 22.6 Å². The SMILES string of the molecule is CCN(CC)CCOc1ccc2c(c1OCCN(CC)CC)C(=O)c1ccccc1-2. The first-order valence-corrected chi connectivity index (χ1v) is 11.2. The minimum Gasteiger partial charge on any atom is -0.488 e. The van der Waals surface area contributed by atoms with Gasteiger partial charge >= 0.3 is 0 Å². The van der Waals surface area contributed by atoms with Crippen LogP contribution in [0.3, 0.4) is 0 Å². The molecule has 0 saturated heterocycles. The van der Waals surface area contributed by atoms with Crippen molar-refractivity contribution in [1.82, 2.24) is 9.80 Å². The van der Waals surface area contributed by atoms with Crippen LogP contribution in [-0.2, 0) is 0 Å². The Morgan fingerprint density at radius 1 is 0.700 bits per heavy atom. The molecule has 0 aromatic heterocycles. The van der Waals surface area contributed by atoms with E-state index in [-0.39, 0.29) is 5.78 Å². The van der Waals surface area contributed by atoms with Gasteiger partial charge in [0.05, 0.1) is 5.56 Å². The summed E-state index contributed by atoms with van der Waals surface area (Å²) in [4.78, 5) is 17.8. The van der Waals surface area contributed by atoms with Crippen LogP contribution in [0.2, 0.25) is 0 Å². The van der Waals surface area contributed by atoms with Crippen molar-refractivity contribution in [2.75, 3.05) is 52.5 Å². The number of nitrogens with zero attached hydrogens (tertiary/aromatic N) is 2. The highest BCUT2D eigenvalue weighted by Crippen LogP contribution is 2.45. The molecule has 0 N–H and O–H groups in total. The molecule has 0 aliphatic heterocycles. The van der Waals surface area contributed by atoms with Crippen LogP contribution in [0, 0.1) is 0 Å². The summed E-state index contributed by atoms with van der Waals surface area (Å²) >= 11 is 0. The molecule has 0 unspecified atom stereocenters. The average Bonchev–Trinajstić information content (AvgIpc) is 3.07. The highest BCUT2D eigenvalue weighted by Gasteiger charge is 2.32. The zero-order valence-electron chi connectivity index (χ0n) is 18.7. The second-order valence-corrected chi connectivity index (χ2v) is 7.44.